The maximum Gasteiger partial charge on any atom is 0.321 e. The zero-order valence-corrected chi connectivity index (χ0v) is 14.0. The summed E-state index contributed by atoms with van der Waals surface area (Å²) in [4.78, 5) is 23.6. The van der Waals surface area contributed by atoms with E-state index in [4.69, 9.17) is 10.5 Å². The molecule has 3 N–H and O–H groups in total. The standard InChI is InChI=1S/C20H21NO4/c1-2-17(21)18(19(22)23)20(24)25-11-16-14-9-5-3-7-12(14)13-8-4-6-10-15(13)16/h3-10,16-18H,2,11,21H2,1H3,(H,22,23)/t17-,18+/m0/s1. The lowest BCUT2D eigenvalue weighted by atomic mass is 9.97. The van der Waals surface area contributed by atoms with Crippen molar-refractivity contribution in [3.8, 4) is 11.1 Å². The van der Waals surface area contributed by atoms with Gasteiger partial charge in [-0.25, -0.2) is 0 Å². The van der Waals surface area contributed by atoms with Gasteiger partial charge in [0.05, 0.1) is 0 Å². The lowest BCUT2D eigenvalue weighted by Gasteiger charge is -2.19. The Bertz CT molecular complexity index is 756. The van der Waals surface area contributed by atoms with Gasteiger partial charge in [-0.05, 0) is 28.7 Å². The van der Waals surface area contributed by atoms with Crippen molar-refractivity contribution in [3.63, 3.8) is 0 Å². The van der Waals surface area contributed by atoms with Crippen LogP contribution in [0.2, 0.25) is 0 Å². The second-order valence-electron chi connectivity index (χ2n) is 6.25. The zero-order valence-electron chi connectivity index (χ0n) is 14.0. The molecular weight excluding hydrogens is 318 g/mol. The predicted octanol–water partition coefficient (Wildman–Crippen LogP) is 2.78. The van der Waals surface area contributed by atoms with Crippen LogP contribution >= 0.6 is 0 Å². The van der Waals surface area contributed by atoms with Gasteiger partial charge in [0.1, 0.15) is 6.61 Å². The Morgan fingerprint density at radius 3 is 2.08 bits per heavy atom. The van der Waals surface area contributed by atoms with Gasteiger partial charge >= 0.3 is 11.9 Å². The number of hydrogen-bond donors (Lipinski definition) is 2. The molecule has 2 aromatic rings. The van der Waals surface area contributed by atoms with Crippen LogP contribution in [0.25, 0.3) is 11.1 Å². The first-order valence-electron chi connectivity index (χ1n) is 8.37. The molecule has 130 valence electrons. The minimum atomic E-state index is -1.34. The maximum atomic E-state index is 12.3. The number of carboxylic acid groups (broad SMARTS) is 1. The number of nitrogens with two attached hydrogens (primary N) is 1. The normalized spacial score (nSPS) is 15.1. The third-order valence-electron chi connectivity index (χ3n) is 4.77. The largest absolute Gasteiger partial charge is 0.481 e. The molecule has 0 saturated heterocycles. The molecule has 0 radical (unpaired) electrons. The topological polar surface area (TPSA) is 89.6 Å². The Balaban J connectivity index is 1.82. The number of carbonyl (C=O) groups is 2. The van der Waals surface area contributed by atoms with Crippen molar-refractivity contribution < 1.29 is 19.4 Å². The van der Waals surface area contributed by atoms with Gasteiger partial charge in [0.25, 0.3) is 0 Å². The van der Waals surface area contributed by atoms with E-state index < -0.39 is 23.9 Å². The number of carbonyl (C=O) groups excluding carboxylic acids is 1. The van der Waals surface area contributed by atoms with Crippen LogP contribution in [-0.2, 0) is 14.3 Å². The Morgan fingerprint density at radius 1 is 1.08 bits per heavy atom. The van der Waals surface area contributed by atoms with Gasteiger partial charge in [-0.3, -0.25) is 9.59 Å². The van der Waals surface area contributed by atoms with Crippen LogP contribution < -0.4 is 5.73 Å². The average Bonchev–Trinajstić information content (AvgIpc) is 2.93. The molecule has 2 atom stereocenters. The summed E-state index contributed by atoms with van der Waals surface area (Å²) in [6.45, 7) is 1.85. The van der Waals surface area contributed by atoms with Crippen molar-refractivity contribution in [2.75, 3.05) is 6.61 Å². The lowest BCUT2D eigenvalue weighted by Crippen LogP contribution is -2.41. The fourth-order valence-corrected chi connectivity index (χ4v) is 3.39. The first-order valence-corrected chi connectivity index (χ1v) is 8.37. The van der Waals surface area contributed by atoms with E-state index in [0.717, 1.165) is 22.3 Å². The van der Waals surface area contributed by atoms with Crippen LogP contribution in [0.1, 0.15) is 30.4 Å². The van der Waals surface area contributed by atoms with Crippen molar-refractivity contribution >= 4 is 11.9 Å². The molecule has 2 aromatic carbocycles. The summed E-state index contributed by atoms with van der Waals surface area (Å²) in [5.41, 5.74) is 10.2. The number of fused-ring (bicyclic) bond motifs is 3. The summed E-state index contributed by atoms with van der Waals surface area (Å²) >= 11 is 0. The molecule has 0 aliphatic heterocycles. The van der Waals surface area contributed by atoms with E-state index in [9.17, 15) is 14.7 Å². The summed E-state index contributed by atoms with van der Waals surface area (Å²) in [7, 11) is 0. The molecule has 1 aliphatic carbocycles. The molecule has 0 fully saturated rings. The quantitative estimate of drug-likeness (QED) is 0.624. The SMILES string of the molecule is CC[C@H](N)[C@H](C(=O)O)C(=O)OCC1c2ccccc2-c2ccccc21. The average molecular weight is 339 g/mol. The minimum Gasteiger partial charge on any atom is -0.481 e. The highest BCUT2D eigenvalue weighted by Crippen LogP contribution is 2.44. The molecule has 0 aromatic heterocycles. The second kappa shape index (κ2) is 7.07. The van der Waals surface area contributed by atoms with Gasteiger partial charge < -0.3 is 15.6 Å². The zero-order chi connectivity index (χ0) is 18.0. The Labute approximate surface area is 146 Å². The van der Waals surface area contributed by atoms with Gasteiger partial charge in [-0.2, -0.15) is 0 Å². The number of ether oxygens (including phenoxy) is 1. The molecule has 5 nitrogen and oxygen atoms in total. The van der Waals surface area contributed by atoms with E-state index in [1.165, 1.54) is 0 Å². The van der Waals surface area contributed by atoms with Gasteiger partial charge in [-0.1, -0.05) is 55.5 Å². The first-order chi connectivity index (χ1) is 12.0. The van der Waals surface area contributed by atoms with Gasteiger partial charge in [0, 0.05) is 12.0 Å². The summed E-state index contributed by atoms with van der Waals surface area (Å²) in [6, 6.07) is 15.2. The highest BCUT2D eigenvalue weighted by atomic mass is 16.5. The first kappa shape index (κ1) is 17.2. The van der Waals surface area contributed by atoms with E-state index in [0.29, 0.717) is 6.42 Å². The second-order valence-corrected chi connectivity index (χ2v) is 6.25. The van der Waals surface area contributed by atoms with Gasteiger partial charge in [0.15, 0.2) is 5.92 Å². The van der Waals surface area contributed by atoms with Crippen LogP contribution in [0.5, 0.6) is 0 Å². The summed E-state index contributed by atoms with van der Waals surface area (Å²) < 4.78 is 5.39. The van der Waals surface area contributed by atoms with Crippen molar-refractivity contribution in [2.24, 2.45) is 11.7 Å². The van der Waals surface area contributed by atoms with Crippen molar-refractivity contribution in [3.05, 3.63) is 59.7 Å². The van der Waals surface area contributed by atoms with Crippen LogP contribution in [0.15, 0.2) is 48.5 Å². The number of esters is 1. The third-order valence-corrected chi connectivity index (χ3v) is 4.77. The Hall–Kier alpha value is -2.66. The third kappa shape index (κ3) is 3.15. The minimum absolute atomic E-state index is 0.0938. The van der Waals surface area contributed by atoms with Crippen LogP contribution in [0.4, 0.5) is 0 Å². The van der Waals surface area contributed by atoms with Crippen LogP contribution in [-0.4, -0.2) is 29.7 Å². The molecular formula is C20H21NO4. The Kier molecular flexibility index (Phi) is 4.86. The van der Waals surface area contributed by atoms with E-state index in [2.05, 4.69) is 0 Å². The monoisotopic (exact) mass is 339 g/mol. The van der Waals surface area contributed by atoms with E-state index in [1.807, 2.05) is 48.5 Å². The molecule has 0 unspecified atom stereocenters. The molecule has 3 rings (SSSR count). The smallest absolute Gasteiger partial charge is 0.321 e. The number of rotatable bonds is 6. The van der Waals surface area contributed by atoms with E-state index in [1.54, 1.807) is 6.92 Å². The fourth-order valence-electron chi connectivity index (χ4n) is 3.39. The molecule has 25 heavy (non-hydrogen) atoms. The summed E-state index contributed by atoms with van der Waals surface area (Å²) in [5.74, 6) is -3.45. The molecule has 0 amide bonds. The van der Waals surface area contributed by atoms with E-state index in [-0.39, 0.29) is 12.5 Å². The fraction of sp³-hybridized carbons (Fsp3) is 0.300. The van der Waals surface area contributed by atoms with Crippen molar-refractivity contribution in [1.29, 1.82) is 0 Å². The summed E-state index contributed by atoms with van der Waals surface area (Å²) in [5, 5.41) is 9.27. The summed E-state index contributed by atoms with van der Waals surface area (Å²) in [6.07, 6.45) is 0.390. The molecule has 0 spiro atoms. The molecule has 0 bridgehead atoms. The van der Waals surface area contributed by atoms with Crippen molar-refractivity contribution in [2.45, 2.75) is 25.3 Å². The van der Waals surface area contributed by atoms with Crippen LogP contribution in [0, 0.1) is 5.92 Å². The maximum absolute atomic E-state index is 12.3. The van der Waals surface area contributed by atoms with Crippen LogP contribution in [0.3, 0.4) is 0 Å². The highest BCUT2D eigenvalue weighted by Gasteiger charge is 2.35. The molecule has 0 heterocycles. The van der Waals surface area contributed by atoms with E-state index >= 15 is 0 Å². The lowest BCUT2D eigenvalue weighted by molar-refractivity contribution is -0.159. The molecule has 0 saturated carbocycles. The number of benzene rings is 2. The number of aliphatic carboxylic acids is 1. The highest BCUT2D eigenvalue weighted by molar-refractivity contribution is 5.94. The molecule has 1 aliphatic rings. The Morgan fingerprint density at radius 2 is 1.60 bits per heavy atom. The number of carboxylic acids is 1. The molecule has 5 heteroatoms. The number of hydrogen-bond acceptors (Lipinski definition) is 4. The van der Waals surface area contributed by atoms with Gasteiger partial charge in [0.2, 0.25) is 0 Å². The van der Waals surface area contributed by atoms with Gasteiger partial charge in [-0.15, -0.1) is 0 Å². The predicted molar refractivity (Wildman–Crippen MR) is 94.1 cm³/mol. The van der Waals surface area contributed by atoms with Crippen molar-refractivity contribution in [1.82, 2.24) is 0 Å².